The summed E-state index contributed by atoms with van der Waals surface area (Å²) < 4.78 is 84.9. The van der Waals surface area contributed by atoms with Crippen LogP contribution in [0.5, 0.6) is 23.0 Å². The topological polar surface area (TPSA) is 253 Å². The summed E-state index contributed by atoms with van der Waals surface area (Å²) in [5.74, 6) is -1.27. The number of nitrogens with zero attached hydrogens (tertiary/aromatic N) is 1. The van der Waals surface area contributed by atoms with Crippen LogP contribution in [0.15, 0.2) is 99.8 Å². The number of anilines is 2. The molecular formula is C49H52N4Na2O12S2. The minimum Gasteiger partial charge on any atom is -0.744 e. The zero-order valence-electron chi connectivity index (χ0n) is 40.1. The number of hydrogen-bond donors (Lipinski definition) is 4. The third-order valence-electron chi connectivity index (χ3n) is 11.9. The summed E-state index contributed by atoms with van der Waals surface area (Å²) >= 11 is 0. The van der Waals surface area contributed by atoms with E-state index in [2.05, 4.69) is 80.9 Å². The number of carbonyl (C=O) groups is 3. The van der Waals surface area contributed by atoms with Crippen LogP contribution in [0, 0.1) is 0 Å². The van der Waals surface area contributed by atoms with Gasteiger partial charge in [0.2, 0.25) is 11.7 Å². The Bertz CT molecular complexity index is 3060. The molecule has 0 aromatic heterocycles. The molecule has 69 heavy (non-hydrogen) atoms. The monoisotopic (exact) mass is 998 g/mol. The van der Waals surface area contributed by atoms with Gasteiger partial charge in [0.15, 0.2) is 0 Å². The van der Waals surface area contributed by atoms with Crippen molar-refractivity contribution >= 4 is 71.8 Å². The van der Waals surface area contributed by atoms with Gasteiger partial charge in [0.05, 0.1) is 38.9 Å². The Morgan fingerprint density at radius 1 is 0.797 bits per heavy atom. The number of rotatable bonds is 18. The van der Waals surface area contributed by atoms with Gasteiger partial charge in [-0.05, 0) is 102 Å². The number of hydrogen-bond acceptors (Lipinski definition) is 14. The molecule has 0 unspecified atom stereocenters. The van der Waals surface area contributed by atoms with E-state index in [1.54, 1.807) is 24.3 Å². The number of hydrazone groups is 1. The predicted octanol–water partition coefficient (Wildman–Crippen LogP) is 2.72. The van der Waals surface area contributed by atoms with E-state index in [0.717, 1.165) is 37.6 Å². The summed E-state index contributed by atoms with van der Waals surface area (Å²) in [5, 5.41) is 21.1. The number of ether oxygens (including phenoxy) is 2. The number of ketones is 1. The molecule has 0 saturated heterocycles. The van der Waals surface area contributed by atoms with Gasteiger partial charge in [0, 0.05) is 29.8 Å². The van der Waals surface area contributed by atoms with E-state index in [0.29, 0.717) is 42.8 Å². The van der Waals surface area contributed by atoms with Crippen LogP contribution in [0.25, 0.3) is 16.8 Å². The first-order chi connectivity index (χ1) is 31.4. The van der Waals surface area contributed by atoms with E-state index in [1.807, 2.05) is 0 Å². The van der Waals surface area contributed by atoms with Crippen LogP contribution in [0.3, 0.4) is 0 Å². The molecule has 0 saturated carbocycles. The molecule has 2 amide bonds. The minimum absolute atomic E-state index is 0. The zero-order valence-corrected chi connectivity index (χ0v) is 45.7. The summed E-state index contributed by atoms with van der Waals surface area (Å²) in [6.45, 7) is 15.1. The van der Waals surface area contributed by atoms with E-state index < -0.39 is 70.2 Å². The average Bonchev–Trinajstić information content (AvgIpc) is 3.27. The van der Waals surface area contributed by atoms with Crippen molar-refractivity contribution in [3.63, 3.8) is 0 Å². The number of phenolic OH excluding ortho intramolecular Hbond substituents is 1. The second kappa shape index (κ2) is 23.1. The third-order valence-corrected chi connectivity index (χ3v) is 13.6. The van der Waals surface area contributed by atoms with Gasteiger partial charge in [-0.25, -0.2) is 16.8 Å². The molecule has 1 aliphatic rings. The van der Waals surface area contributed by atoms with Crippen molar-refractivity contribution in [1.82, 2.24) is 5.32 Å². The molecule has 0 atom stereocenters. The number of unbranched alkanes of at least 4 members (excludes halogenated alkanes) is 1. The van der Waals surface area contributed by atoms with Crippen LogP contribution in [0.2, 0.25) is 0 Å². The van der Waals surface area contributed by atoms with Crippen LogP contribution in [0.4, 0.5) is 11.4 Å². The fourth-order valence-corrected chi connectivity index (χ4v) is 8.49. The zero-order chi connectivity index (χ0) is 49.1. The predicted molar refractivity (Wildman–Crippen MR) is 254 cm³/mol. The SMILES string of the molecule is CCC(C)(C)c1ccc(OCCCCNC(=O)c2cc(Oc3ccc(N/N=C4/C(=O)c5c(cc(S(=O)(=O)[O-])cc5NC(C)=O)C=C4S(=O)(=O)[O-])cc3)c3ccccc3c2O)c(C(C)(C)CC)c1.[Na+].[Na+]. The summed E-state index contributed by atoms with van der Waals surface area (Å²) in [5.41, 5.74) is 3.00. The molecule has 0 fully saturated rings. The number of carbonyl (C=O) groups excluding carboxylic acids is 3. The number of aromatic hydroxyl groups is 1. The van der Waals surface area contributed by atoms with Crippen molar-refractivity contribution in [1.29, 1.82) is 0 Å². The second-order valence-electron chi connectivity index (χ2n) is 17.4. The normalized spacial score (nSPS) is 13.4. The molecule has 0 bridgehead atoms. The van der Waals surface area contributed by atoms with Gasteiger partial charge >= 0.3 is 59.1 Å². The molecule has 16 nitrogen and oxygen atoms in total. The first-order valence-corrected chi connectivity index (χ1v) is 24.3. The molecule has 0 spiro atoms. The maximum Gasteiger partial charge on any atom is 1.00 e. The Morgan fingerprint density at radius 2 is 1.45 bits per heavy atom. The molecule has 0 aliphatic heterocycles. The number of Topliss-reactive ketones (excluding diaryl/α,β-unsaturated/α-hetero) is 1. The standard InChI is InChI=1S/C49H54N4O12S2.2Na/c1-8-48(4,5)31-16-21-40(38(26-31)49(6,7)9-2)64-23-13-12-22-50-47(57)37-28-41(35-14-10-11-15-36(35)45(37)55)65-33-19-17-32(18-20-33)52-53-44-42(67(61,62)63)25-30-24-34(66(58,59)60)27-39(51-29(3)54)43(30)46(44)56;;/h10-11,14-21,24-28,52,55H,8-9,12-13,22-23H2,1-7H3,(H,50,57)(H,51,54)(H,58,59,60)(H,61,62,63);;/q;2*+1/p-2/b53-44+;;. The van der Waals surface area contributed by atoms with Crippen LogP contribution in [0.1, 0.15) is 112 Å². The molecule has 1 aliphatic carbocycles. The fraction of sp³-hybridized carbons (Fsp3) is 0.306. The van der Waals surface area contributed by atoms with Gasteiger partial charge in [-0.15, -0.1) is 0 Å². The van der Waals surface area contributed by atoms with Gasteiger partial charge in [-0.2, -0.15) is 5.10 Å². The molecule has 5 aromatic carbocycles. The summed E-state index contributed by atoms with van der Waals surface area (Å²) in [6, 6.07) is 22.1. The first-order valence-electron chi connectivity index (χ1n) is 21.5. The van der Waals surface area contributed by atoms with E-state index in [1.165, 1.54) is 41.5 Å². The van der Waals surface area contributed by atoms with E-state index in [9.17, 15) is 45.4 Å². The molecule has 6 rings (SSSR count). The van der Waals surface area contributed by atoms with Gasteiger partial charge < -0.3 is 34.3 Å². The van der Waals surface area contributed by atoms with Crippen molar-refractivity contribution in [2.45, 2.75) is 89.9 Å². The van der Waals surface area contributed by atoms with Gasteiger partial charge in [0.1, 0.15) is 48.9 Å². The number of benzene rings is 5. The average molecular weight is 999 g/mol. The van der Waals surface area contributed by atoms with Crippen molar-refractivity contribution in [2.75, 3.05) is 23.9 Å². The van der Waals surface area contributed by atoms with Crippen LogP contribution in [-0.4, -0.2) is 67.5 Å². The Labute approximate surface area is 446 Å². The van der Waals surface area contributed by atoms with Crippen molar-refractivity contribution in [3.05, 3.63) is 118 Å². The molecule has 0 radical (unpaired) electrons. The van der Waals surface area contributed by atoms with Gasteiger partial charge in [-0.1, -0.05) is 77.9 Å². The third kappa shape index (κ3) is 13.4. The van der Waals surface area contributed by atoms with Crippen LogP contribution < -0.4 is 84.6 Å². The largest absolute Gasteiger partial charge is 1.00 e. The van der Waals surface area contributed by atoms with Crippen molar-refractivity contribution in [2.24, 2.45) is 5.10 Å². The van der Waals surface area contributed by atoms with E-state index >= 15 is 0 Å². The number of nitrogens with one attached hydrogen (secondary N) is 3. The summed E-state index contributed by atoms with van der Waals surface area (Å²) in [6.07, 6.45) is 3.93. The quantitative estimate of drug-likeness (QED) is 0.0427. The molecule has 5 aromatic rings. The van der Waals surface area contributed by atoms with Crippen molar-refractivity contribution in [3.8, 4) is 23.0 Å². The number of phenols is 1. The Hall–Kier alpha value is -4.60. The molecular weight excluding hydrogens is 947 g/mol. The number of amides is 2. The molecule has 0 heterocycles. The van der Waals surface area contributed by atoms with Crippen LogP contribution in [-0.2, 0) is 35.9 Å². The Kier molecular flexibility index (Phi) is 19.1. The van der Waals surface area contributed by atoms with E-state index in [4.69, 9.17) is 9.47 Å². The van der Waals surface area contributed by atoms with Gasteiger partial charge in [0.25, 0.3) is 5.91 Å². The van der Waals surface area contributed by atoms with Gasteiger partial charge in [-0.3, -0.25) is 19.8 Å². The molecule has 20 heteroatoms. The minimum atomic E-state index is -5.41. The maximum absolute atomic E-state index is 13.7. The summed E-state index contributed by atoms with van der Waals surface area (Å²) in [4.78, 5) is 37.1. The summed E-state index contributed by atoms with van der Waals surface area (Å²) in [7, 11) is -10.6. The first kappa shape index (κ1) is 57.0. The number of allylic oxidation sites excluding steroid dienone is 1. The molecule has 4 N–H and O–H groups in total. The number of fused-ring (bicyclic) bond motifs is 2. The smallest absolute Gasteiger partial charge is 0.744 e. The Morgan fingerprint density at radius 3 is 2.06 bits per heavy atom. The fourth-order valence-electron chi connectivity index (χ4n) is 7.31. The van der Waals surface area contributed by atoms with E-state index in [-0.39, 0.29) is 98.4 Å². The second-order valence-corrected chi connectivity index (χ2v) is 20.1. The van der Waals surface area contributed by atoms with Crippen LogP contribution >= 0.6 is 0 Å². The van der Waals surface area contributed by atoms with Crippen molar-refractivity contribution < 1.29 is 114 Å². The Balaban J connectivity index is 0.00000518. The maximum atomic E-state index is 13.7. The molecule has 354 valence electrons.